The number of esters is 1. The van der Waals surface area contributed by atoms with Gasteiger partial charge in [0.05, 0.1) is 49.4 Å². The van der Waals surface area contributed by atoms with Gasteiger partial charge in [0.2, 0.25) is 5.91 Å². The van der Waals surface area contributed by atoms with E-state index in [4.69, 9.17) is 9.47 Å². The number of fused-ring (bicyclic) bond motifs is 1. The molecule has 1 unspecified atom stereocenters. The summed E-state index contributed by atoms with van der Waals surface area (Å²) in [6.45, 7) is 8.33. The summed E-state index contributed by atoms with van der Waals surface area (Å²) in [7, 11) is 1.26. The first kappa shape index (κ1) is 23.7. The van der Waals surface area contributed by atoms with Crippen LogP contribution in [-0.4, -0.2) is 57.9 Å². The quantitative estimate of drug-likeness (QED) is 0.635. The summed E-state index contributed by atoms with van der Waals surface area (Å²) < 4.78 is 26.2. The van der Waals surface area contributed by atoms with Gasteiger partial charge < -0.3 is 14.4 Å². The molecule has 2 amide bonds. The first-order chi connectivity index (χ1) is 16.0. The Bertz CT molecular complexity index is 1140. The van der Waals surface area contributed by atoms with Crippen LogP contribution in [0, 0.1) is 5.82 Å². The standard InChI is InChI=1S/C24H29FN4O5/c1-14-11-29-20(13-27(14)23(32)34-24(2,3)4)19(10-26-29)28-12-15(8-21(28)30)18-9-16(25)6-7-17(18)22(31)33-5/h6-7,9-10,14-15H,8,11-13H2,1-5H3/t14-,15?/m0/s1. The van der Waals surface area contributed by atoms with Gasteiger partial charge in [0.1, 0.15) is 11.4 Å². The Morgan fingerprint density at radius 1 is 1.21 bits per heavy atom. The summed E-state index contributed by atoms with van der Waals surface area (Å²) in [5, 5.41) is 4.44. The number of benzene rings is 1. The zero-order valence-electron chi connectivity index (χ0n) is 20.0. The molecule has 34 heavy (non-hydrogen) atoms. The molecule has 3 heterocycles. The van der Waals surface area contributed by atoms with Crippen LogP contribution in [0.25, 0.3) is 0 Å². The molecule has 0 aliphatic carbocycles. The number of rotatable bonds is 3. The highest BCUT2D eigenvalue weighted by Gasteiger charge is 2.39. The number of amides is 2. The van der Waals surface area contributed by atoms with E-state index in [1.165, 1.54) is 25.3 Å². The van der Waals surface area contributed by atoms with E-state index in [9.17, 15) is 18.8 Å². The largest absolute Gasteiger partial charge is 0.465 e. The SMILES string of the molecule is COC(=O)c1ccc(F)cc1C1CC(=O)N(c2cnn3c2CN(C(=O)OC(C)(C)C)[C@@H](C)C3)C1. The second-order valence-corrected chi connectivity index (χ2v) is 9.74. The predicted molar refractivity (Wildman–Crippen MR) is 121 cm³/mol. The smallest absolute Gasteiger partial charge is 0.410 e. The lowest BCUT2D eigenvalue weighted by Crippen LogP contribution is -2.47. The zero-order valence-corrected chi connectivity index (χ0v) is 20.0. The Labute approximate surface area is 197 Å². The molecule has 4 rings (SSSR count). The highest BCUT2D eigenvalue weighted by Crippen LogP contribution is 2.37. The average molecular weight is 473 g/mol. The van der Waals surface area contributed by atoms with Crippen molar-refractivity contribution in [2.75, 3.05) is 18.6 Å². The first-order valence-electron chi connectivity index (χ1n) is 11.2. The van der Waals surface area contributed by atoms with E-state index in [2.05, 4.69) is 5.10 Å². The molecule has 2 aliphatic rings. The molecule has 0 spiro atoms. The van der Waals surface area contributed by atoms with Crippen molar-refractivity contribution in [2.24, 2.45) is 0 Å². The normalized spacial score (nSPS) is 20.4. The monoisotopic (exact) mass is 472 g/mol. The van der Waals surface area contributed by atoms with Gasteiger partial charge in [-0.15, -0.1) is 0 Å². The van der Waals surface area contributed by atoms with Crippen LogP contribution in [0.2, 0.25) is 0 Å². The van der Waals surface area contributed by atoms with Crippen molar-refractivity contribution in [3.63, 3.8) is 0 Å². The lowest BCUT2D eigenvalue weighted by Gasteiger charge is -2.36. The van der Waals surface area contributed by atoms with Crippen LogP contribution in [0.1, 0.15) is 61.6 Å². The van der Waals surface area contributed by atoms with Gasteiger partial charge in [-0.2, -0.15) is 5.10 Å². The fourth-order valence-corrected chi connectivity index (χ4v) is 4.49. The van der Waals surface area contributed by atoms with Crippen LogP contribution in [0.15, 0.2) is 24.4 Å². The Morgan fingerprint density at radius 3 is 2.62 bits per heavy atom. The van der Waals surface area contributed by atoms with Gasteiger partial charge in [-0.05, 0) is 51.5 Å². The number of ether oxygens (including phenoxy) is 2. The fraction of sp³-hybridized carbons (Fsp3) is 0.500. The molecule has 0 bridgehead atoms. The maximum Gasteiger partial charge on any atom is 0.410 e. The van der Waals surface area contributed by atoms with Crippen LogP contribution >= 0.6 is 0 Å². The highest BCUT2D eigenvalue weighted by molar-refractivity contribution is 5.98. The number of anilines is 1. The topological polar surface area (TPSA) is 94.0 Å². The summed E-state index contributed by atoms with van der Waals surface area (Å²) in [6, 6.07) is 3.73. The molecule has 1 aromatic heterocycles. The van der Waals surface area contributed by atoms with E-state index in [0.717, 1.165) is 5.69 Å². The van der Waals surface area contributed by atoms with E-state index < -0.39 is 29.4 Å². The molecule has 1 fully saturated rings. The molecule has 2 atom stereocenters. The lowest BCUT2D eigenvalue weighted by atomic mass is 9.93. The number of nitrogens with zero attached hydrogens (tertiary/aromatic N) is 4. The second-order valence-electron chi connectivity index (χ2n) is 9.74. The first-order valence-corrected chi connectivity index (χ1v) is 11.2. The van der Waals surface area contributed by atoms with Gasteiger partial charge in [0, 0.05) is 18.9 Å². The van der Waals surface area contributed by atoms with Crippen LogP contribution in [0.5, 0.6) is 0 Å². The van der Waals surface area contributed by atoms with Gasteiger partial charge in [-0.1, -0.05) is 0 Å². The second kappa shape index (κ2) is 8.73. The minimum atomic E-state index is -0.627. The van der Waals surface area contributed by atoms with Crippen LogP contribution < -0.4 is 4.90 Å². The minimum Gasteiger partial charge on any atom is -0.465 e. The lowest BCUT2D eigenvalue weighted by molar-refractivity contribution is -0.117. The van der Waals surface area contributed by atoms with Gasteiger partial charge >= 0.3 is 12.1 Å². The van der Waals surface area contributed by atoms with E-state index in [-0.39, 0.29) is 37.0 Å². The third kappa shape index (κ3) is 4.49. The highest BCUT2D eigenvalue weighted by atomic mass is 19.1. The molecule has 9 nitrogen and oxygen atoms in total. The van der Waals surface area contributed by atoms with Crippen molar-refractivity contribution in [1.82, 2.24) is 14.7 Å². The molecule has 0 saturated carbocycles. The maximum absolute atomic E-state index is 14.0. The minimum absolute atomic E-state index is 0.115. The van der Waals surface area contributed by atoms with Crippen molar-refractivity contribution >= 4 is 23.7 Å². The van der Waals surface area contributed by atoms with E-state index in [0.29, 0.717) is 17.8 Å². The maximum atomic E-state index is 14.0. The summed E-state index contributed by atoms with van der Waals surface area (Å²) in [5.74, 6) is -1.62. The van der Waals surface area contributed by atoms with Crippen molar-refractivity contribution in [3.05, 3.63) is 47.0 Å². The number of hydrogen-bond donors (Lipinski definition) is 0. The van der Waals surface area contributed by atoms with Crippen LogP contribution in [-0.2, 0) is 27.4 Å². The molecule has 10 heteroatoms. The average Bonchev–Trinajstić information content (AvgIpc) is 3.33. The van der Waals surface area contributed by atoms with Gasteiger partial charge in [0.15, 0.2) is 0 Å². The van der Waals surface area contributed by atoms with Crippen molar-refractivity contribution < 1.29 is 28.2 Å². The Kier molecular flexibility index (Phi) is 6.09. The summed E-state index contributed by atoms with van der Waals surface area (Å²) in [6.07, 6.45) is 1.31. The molecule has 182 valence electrons. The van der Waals surface area contributed by atoms with Gasteiger partial charge in [-0.25, -0.2) is 14.0 Å². The van der Waals surface area contributed by atoms with E-state index in [1.807, 2.05) is 27.7 Å². The molecular weight excluding hydrogens is 443 g/mol. The molecule has 0 radical (unpaired) electrons. The fourth-order valence-electron chi connectivity index (χ4n) is 4.49. The van der Waals surface area contributed by atoms with Crippen molar-refractivity contribution in [3.8, 4) is 0 Å². The van der Waals surface area contributed by atoms with E-state index >= 15 is 0 Å². The van der Waals surface area contributed by atoms with Crippen LogP contribution in [0.3, 0.4) is 0 Å². The van der Waals surface area contributed by atoms with Gasteiger partial charge in [0.25, 0.3) is 0 Å². The predicted octanol–water partition coefficient (Wildman–Crippen LogP) is 3.47. The number of halogens is 1. The molecule has 2 aromatic rings. The molecule has 2 aliphatic heterocycles. The summed E-state index contributed by atoms with van der Waals surface area (Å²) in [5.41, 5.74) is 1.38. The molecule has 0 N–H and O–H groups in total. The Morgan fingerprint density at radius 2 is 1.94 bits per heavy atom. The number of carbonyl (C=O) groups is 3. The number of carbonyl (C=O) groups excluding carboxylic acids is 3. The van der Waals surface area contributed by atoms with E-state index in [1.54, 1.807) is 20.7 Å². The number of aromatic nitrogens is 2. The number of hydrogen-bond acceptors (Lipinski definition) is 6. The third-order valence-corrected chi connectivity index (χ3v) is 6.12. The summed E-state index contributed by atoms with van der Waals surface area (Å²) in [4.78, 5) is 41.2. The molecule has 1 aromatic carbocycles. The summed E-state index contributed by atoms with van der Waals surface area (Å²) >= 11 is 0. The zero-order chi connectivity index (χ0) is 24.8. The van der Waals surface area contributed by atoms with Gasteiger partial charge in [-0.3, -0.25) is 14.4 Å². The van der Waals surface area contributed by atoms with Crippen molar-refractivity contribution in [1.29, 1.82) is 0 Å². The molecule has 1 saturated heterocycles. The van der Waals surface area contributed by atoms with Crippen LogP contribution in [0.4, 0.5) is 14.9 Å². The Balaban J connectivity index is 1.60. The molecular formula is C24H29FN4O5. The Hall–Kier alpha value is -3.43. The van der Waals surface area contributed by atoms with Crippen molar-refractivity contribution in [2.45, 2.75) is 64.8 Å². The third-order valence-electron chi connectivity index (χ3n) is 6.12. The number of methoxy groups -OCH3 is 1.